The van der Waals surface area contributed by atoms with Gasteiger partial charge in [0.2, 0.25) is 0 Å². The lowest BCUT2D eigenvalue weighted by atomic mass is 9.86. The van der Waals surface area contributed by atoms with Crippen molar-refractivity contribution >= 4 is 5.91 Å². The van der Waals surface area contributed by atoms with Crippen LogP contribution in [-0.2, 0) is 9.53 Å². The quantitative estimate of drug-likeness (QED) is 0.408. The average Bonchev–Trinajstić information content (AvgIpc) is 2.52. The van der Waals surface area contributed by atoms with Gasteiger partial charge < -0.3 is 9.64 Å². The highest BCUT2D eigenvalue weighted by molar-refractivity contribution is 5.89. The third-order valence-corrected chi connectivity index (χ3v) is 4.25. The summed E-state index contributed by atoms with van der Waals surface area (Å²) in [6, 6.07) is 0.228. The van der Waals surface area contributed by atoms with E-state index in [4.69, 9.17) is 4.74 Å². The summed E-state index contributed by atoms with van der Waals surface area (Å²) >= 11 is 0. The SMILES string of the molecule is C=CC(=O)N(C(/C=C(\C=C)OC)=C(C)C)C1CCC(C)CC1. The summed E-state index contributed by atoms with van der Waals surface area (Å²) in [6.45, 7) is 13.7. The van der Waals surface area contributed by atoms with Crippen molar-refractivity contribution in [3.63, 3.8) is 0 Å². The number of carbonyl (C=O) groups is 1. The van der Waals surface area contributed by atoms with Crippen LogP contribution in [0.4, 0.5) is 0 Å². The van der Waals surface area contributed by atoms with Gasteiger partial charge in [-0.1, -0.05) is 25.7 Å². The zero-order valence-electron chi connectivity index (χ0n) is 14.4. The highest BCUT2D eigenvalue weighted by atomic mass is 16.5. The Morgan fingerprint density at radius 1 is 1.14 bits per heavy atom. The van der Waals surface area contributed by atoms with Gasteiger partial charge in [-0.05, 0) is 57.6 Å². The molecule has 3 nitrogen and oxygen atoms in total. The van der Waals surface area contributed by atoms with Crippen LogP contribution < -0.4 is 0 Å². The van der Waals surface area contributed by atoms with E-state index in [0.717, 1.165) is 42.9 Å². The fourth-order valence-electron chi connectivity index (χ4n) is 2.89. The first kappa shape index (κ1) is 18.3. The molecule has 122 valence electrons. The zero-order chi connectivity index (χ0) is 16.7. The van der Waals surface area contributed by atoms with Crippen LogP contribution in [0.5, 0.6) is 0 Å². The molecule has 0 unspecified atom stereocenters. The molecule has 0 spiro atoms. The van der Waals surface area contributed by atoms with Crippen molar-refractivity contribution in [1.29, 1.82) is 0 Å². The molecule has 1 rings (SSSR count). The van der Waals surface area contributed by atoms with Crippen LogP contribution in [0.25, 0.3) is 0 Å². The molecule has 1 amide bonds. The first-order valence-electron chi connectivity index (χ1n) is 7.95. The average molecular weight is 303 g/mol. The summed E-state index contributed by atoms with van der Waals surface area (Å²) in [5.41, 5.74) is 1.96. The van der Waals surface area contributed by atoms with Crippen LogP contribution in [0, 0.1) is 5.92 Å². The van der Waals surface area contributed by atoms with Crippen molar-refractivity contribution in [3.05, 3.63) is 48.4 Å². The predicted octanol–water partition coefficient (Wildman–Crippen LogP) is 4.59. The number of nitrogens with zero attached hydrogens (tertiary/aromatic N) is 1. The summed E-state index contributed by atoms with van der Waals surface area (Å²) in [7, 11) is 1.61. The summed E-state index contributed by atoms with van der Waals surface area (Å²) < 4.78 is 5.29. The number of carbonyl (C=O) groups excluding carboxylic acids is 1. The van der Waals surface area contributed by atoms with E-state index in [9.17, 15) is 4.79 Å². The van der Waals surface area contributed by atoms with Gasteiger partial charge in [0, 0.05) is 17.8 Å². The maximum atomic E-state index is 12.5. The van der Waals surface area contributed by atoms with Gasteiger partial charge in [0.05, 0.1) is 7.11 Å². The second-order valence-electron chi connectivity index (χ2n) is 6.17. The lowest BCUT2D eigenvalue weighted by Crippen LogP contribution is -2.40. The number of hydrogen-bond donors (Lipinski definition) is 0. The number of amides is 1. The highest BCUT2D eigenvalue weighted by Crippen LogP contribution is 2.31. The molecule has 0 saturated heterocycles. The van der Waals surface area contributed by atoms with Crippen molar-refractivity contribution in [2.75, 3.05) is 7.11 Å². The third-order valence-electron chi connectivity index (χ3n) is 4.25. The molecule has 1 aliphatic carbocycles. The highest BCUT2D eigenvalue weighted by Gasteiger charge is 2.28. The molecule has 0 bridgehead atoms. The van der Waals surface area contributed by atoms with Gasteiger partial charge in [-0.2, -0.15) is 0 Å². The molecular weight excluding hydrogens is 274 g/mol. The first-order chi connectivity index (χ1) is 10.4. The van der Waals surface area contributed by atoms with Gasteiger partial charge in [0.15, 0.2) is 0 Å². The first-order valence-corrected chi connectivity index (χ1v) is 7.95. The maximum absolute atomic E-state index is 12.5. The summed E-state index contributed by atoms with van der Waals surface area (Å²) in [5, 5.41) is 0. The maximum Gasteiger partial charge on any atom is 0.250 e. The third kappa shape index (κ3) is 4.62. The summed E-state index contributed by atoms with van der Waals surface area (Å²) in [4.78, 5) is 14.4. The van der Waals surface area contributed by atoms with Crippen LogP contribution >= 0.6 is 0 Å². The van der Waals surface area contributed by atoms with Crippen molar-refractivity contribution in [3.8, 4) is 0 Å². The molecule has 0 N–H and O–H groups in total. The van der Waals surface area contributed by atoms with Gasteiger partial charge in [-0.3, -0.25) is 4.79 Å². The van der Waals surface area contributed by atoms with Crippen molar-refractivity contribution < 1.29 is 9.53 Å². The fraction of sp³-hybridized carbons (Fsp3) is 0.526. The lowest BCUT2D eigenvalue weighted by molar-refractivity contribution is -0.126. The van der Waals surface area contributed by atoms with Crippen LogP contribution in [-0.4, -0.2) is 24.0 Å². The van der Waals surface area contributed by atoms with E-state index >= 15 is 0 Å². The van der Waals surface area contributed by atoms with Gasteiger partial charge in [0.25, 0.3) is 5.91 Å². The Balaban J connectivity index is 3.20. The van der Waals surface area contributed by atoms with E-state index in [1.54, 1.807) is 13.2 Å². The Hall–Kier alpha value is -1.77. The van der Waals surface area contributed by atoms with Crippen molar-refractivity contribution in [1.82, 2.24) is 4.90 Å². The Kier molecular flexibility index (Phi) is 7.16. The second-order valence-corrected chi connectivity index (χ2v) is 6.17. The molecule has 1 fully saturated rings. The van der Waals surface area contributed by atoms with Gasteiger partial charge in [0.1, 0.15) is 5.76 Å². The lowest BCUT2D eigenvalue weighted by Gasteiger charge is -2.37. The molecule has 1 saturated carbocycles. The zero-order valence-corrected chi connectivity index (χ0v) is 14.4. The molecule has 0 aromatic heterocycles. The molecular formula is C19H29NO2. The Bertz CT molecular complexity index is 476. The smallest absolute Gasteiger partial charge is 0.250 e. The number of ether oxygens (including phenoxy) is 1. The van der Waals surface area contributed by atoms with Crippen LogP contribution in [0.2, 0.25) is 0 Å². The van der Waals surface area contributed by atoms with Crippen molar-refractivity contribution in [2.24, 2.45) is 5.92 Å². The molecule has 0 atom stereocenters. The summed E-state index contributed by atoms with van der Waals surface area (Å²) in [5.74, 6) is 1.35. The molecule has 0 heterocycles. The second kappa shape index (κ2) is 8.62. The van der Waals surface area contributed by atoms with Crippen LogP contribution in [0.1, 0.15) is 46.5 Å². The Morgan fingerprint density at radius 2 is 1.73 bits per heavy atom. The van der Waals surface area contributed by atoms with E-state index in [-0.39, 0.29) is 11.9 Å². The monoisotopic (exact) mass is 303 g/mol. The number of rotatable bonds is 6. The Morgan fingerprint density at radius 3 is 2.14 bits per heavy atom. The molecule has 0 aromatic carbocycles. The van der Waals surface area contributed by atoms with Gasteiger partial charge in [-0.25, -0.2) is 0 Å². The minimum Gasteiger partial charge on any atom is -0.497 e. The minimum absolute atomic E-state index is 0.0495. The number of hydrogen-bond acceptors (Lipinski definition) is 2. The standard InChI is InChI=1S/C19H29NO2/c1-7-17(22-6)13-18(14(3)4)20(19(21)8-2)16-11-9-15(5)10-12-16/h7-8,13,15-16H,1-2,9-12H2,3-6H3/b17-13+. The molecule has 3 heteroatoms. The van der Waals surface area contributed by atoms with Crippen LogP contribution in [0.15, 0.2) is 48.4 Å². The number of methoxy groups -OCH3 is 1. The normalized spacial score (nSPS) is 21.7. The molecule has 0 aromatic rings. The number of allylic oxidation sites excluding steroid dienone is 3. The van der Waals surface area contributed by atoms with E-state index < -0.39 is 0 Å². The van der Waals surface area contributed by atoms with Crippen molar-refractivity contribution in [2.45, 2.75) is 52.5 Å². The van der Waals surface area contributed by atoms with Gasteiger partial charge in [-0.15, -0.1) is 0 Å². The largest absolute Gasteiger partial charge is 0.497 e. The topological polar surface area (TPSA) is 29.5 Å². The molecule has 0 aliphatic heterocycles. The van der Waals surface area contributed by atoms with Gasteiger partial charge >= 0.3 is 0 Å². The Labute approximate surface area is 135 Å². The molecule has 22 heavy (non-hydrogen) atoms. The molecule has 1 aliphatic rings. The minimum atomic E-state index is -0.0495. The predicted molar refractivity (Wildman–Crippen MR) is 92.1 cm³/mol. The van der Waals surface area contributed by atoms with E-state index in [2.05, 4.69) is 20.1 Å². The van der Waals surface area contributed by atoms with E-state index in [0.29, 0.717) is 5.76 Å². The van der Waals surface area contributed by atoms with E-state index in [1.165, 1.54) is 6.08 Å². The molecule has 0 radical (unpaired) electrons. The summed E-state index contributed by atoms with van der Waals surface area (Å²) in [6.07, 6.45) is 9.32. The fourth-order valence-corrected chi connectivity index (χ4v) is 2.89. The van der Waals surface area contributed by atoms with E-state index in [1.807, 2.05) is 24.8 Å². The van der Waals surface area contributed by atoms with Crippen LogP contribution in [0.3, 0.4) is 0 Å².